The standard InChI is InChI=1S/C20H20BrN3O4/c1-12(2)18(22-19(25)15-5-3-4-6-16(15)21)20(26)23-10-9-13-7-8-14(24(27)28)11-17(13)23/h3-8,11-12,18H,9-10H2,1-2H3,(H,22,25)/t18-/m1/s1. The van der Waals surface area contributed by atoms with Gasteiger partial charge in [0.25, 0.3) is 11.6 Å². The van der Waals surface area contributed by atoms with Crippen LogP contribution in [0.1, 0.15) is 29.8 Å². The van der Waals surface area contributed by atoms with Gasteiger partial charge in [0.2, 0.25) is 5.91 Å². The lowest BCUT2D eigenvalue weighted by Crippen LogP contribution is -2.51. The highest BCUT2D eigenvalue weighted by Crippen LogP contribution is 2.32. The third kappa shape index (κ3) is 3.91. The van der Waals surface area contributed by atoms with Crippen LogP contribution < -0.4 is 10.2 Å². The van der Waals surface area contributed by atoms with Crippen LogP contribution in [-0.4, -0.2) is 29.3 Å². The normalized spacial score (nSPS) is 13.9. The molecule has 1 aliphatic rings. The summed E-state index contributed by atoms with van der Waals surface area (Å²) in [7, 11) is 0. The van der Waals surface area contributed by atoms with E-state index in [1.807, 2.05) is 13.8 Å². The summed E-state index contributed by atoms with van der Waals surface area (Å²) >= 11 is 3.35. The maximum absolute atomic E-state index is 13.2. The molecule has 3 rings (SSSR count). The second-order valence-corrected chi connectivity index (χ2v) is 7.84. The quantitative estimate of drug-likeness (QED) is 0.560. The summed E-state index contributed by atoms with van der Waals surface area (Å²) in [6.07, 6.45) is 0.627. The van der Waals surface area contributed by atoms with Crippen LogP contribution in [0.3, 0.4) is 0 Å². The third-order valence-electron chi connectivity index (χ3n) is 4.78. The first kappa shape index (κ1) is 20.0. The number of anilines is 1. The fraction of sp³-hybridized carbons (Fsp3) is 0.300. The summed E-state index contributed by atoms with van der Waals surface area (Å²) in [4.78, 5) is 38.1. The van der Waals surface area contributed by atoms with E-state index in [0.29, 0.717) is 28.7 Å². The molecular formula is C20H20BrN3O4. The van der Waals surface area contributed by atoms with E-state index in [0.717, 1.165) is 5.56 Å². The predicted molar refractivity (Wildman–Crippen MR) is 109 cm³/mol. The van der Waals surface area contributed by atoms with Crippen LogP contribution >= 0.6 is 15.9 Å². The highest BCUT2D eigenvalue weighted by atomic mass is 79.9. The number of carbonyl (C=O) groups is 2. The van der Waals surface area contributed by atoms with E-state index in [1.165, 1.54) is 17.0 Å². The average Bonchev–Trinajstić information content (AvgIpc) is 3.08. The summed E-state index contributed by atoms with van der Waals surface area (Å²) in [5.74, 6) is -0.769. The molecule has 1 atom stereocenters. The molecule has 2 aromatic carbocycles. The lowest BCUT2D eigenvalue weighted by Gasteiger charge is -2.27. The second kappa shape index (κ2) is 8.10. The van der Waals surface area contributed by atoms with Crippen molar-refractivity contribution in [2.75, 3.05) is 11.4 Å². The van der Waals surface area contributed by atoms with Gasteiger partial charge in [0.05, 0.1) is 16.2 Å². The van der Waals surface area contributed by atoms with Crippen LogP contribution in [0.4, 0.5) is 11.4 Å². The second-order valence-electron chi connectivity index (χ2n) is 6.98. The van der Waals surface area contributed by atoms with Gasteiger partial charge in [-0.05, 0) is 46.0 Å². The minimum absolute atomic E-state index is 0.0585. The Kier molecular flexibility index (Phi) is 5.79. The molecule has 0 unspecified atom stereocenters. The Hall–Kier alpha value is -2.74. The van der Waals surface area contributed by atoms with Gasteiger partial charge in [-0.2, -0.15) is 0 Å². The molecule has 0 saturated heterocycles. The molecule has 0 bridgehead atoms. The fourth-order valence-corrected chi connectivity index (χ4v) is 3.72. The monoisotopic (exact) mass is 445 g/mol. The Morgan fingerprint density at radius 3 is 2.57 bits per heavy atom. The number of benzene rings is 2. The highest BCUT2D eigenvalue weighted by molar-refractivity contribution is 9.10. The SMILES string of the molecule is CC(C)[C@@H](NC(=O)c1ccccc1Br)C(=O)N1CCc2ccc([N+](=O)[O-])cc21. The molecule has 0 aromatic heterocycles. The fourth-order valence-electron chi connectivity index (χ4n) is 3.26. The van der Waals surface area contributed by atoms with Crippen molar-refractivity contribution in [3.8, 4) is 0 Å². The molecular weight excluding hydrogens is 426 g/mol. The zero-order valence-corrected chi connectivity index (χ0v) is 17.1. The molecule has 146 valence electrons. The molecule has 0 radical (unpaired) electrons. The number of hydrogen-bond acceptors (Lipinski definition) is 4. The van der Waals surface area contributed by atoms with Crippen LogP contribution in [0.15, 0.2) is 46.9 Å². The van der Waals surface area contributed by atoms with E-state index in [9.17, 15) is 19.7 Å². The smallest absolute Gasteiger partial charge is 0.271 e. The molecule has 1 heterocycles. The van der Waals surface area contributed by atoms with Gasteiger partial charge in [0.1, 0.15) is 6.04 Å². The molecule has 2 amide bonds. The Morgan fingerprint density at radius 1 is 1.21 bits per heavy atom. The van der Waals surface area contributed by atoms with Crippen LogP contribution in [0.2, 0.25) is 0 Å². The van der Waals surface area contributed by atoms with Gasteiger partial charge in [0.15, 0.2) is 0 Å². The summed E-state index contributed by atoms with van der Waals surface area (Å²) in [6.45, 7) is 4.14. The molecule has 7 nitrogen and oxygen atoms in total. The van der Waals surface area contributed by atoms with Gasteiger partial charge in [-0.25, -0.2) is 0 Å². The van der Waals surface area contributed by atoms with E-state index in [4.69, 9.17) is 0 Å². The number of carbonyl (C=O) groups excluding carboxylic acids is 2. The molecule has 1 N–H and O–H groups in total. The van der Waals surface area contributed by atoms with Gasteiger partial charge < -0.3 is 10.2 Å². The molecule has 1 aliphatic heterocycles. The van der Waals surface area contributed by atoms with Gasteiger partial charge in [0, 0.05) is 23.2 Å². The van der Waals surface area contributed by atoms with E-state index in [-0.39, 0.29) is 23.4 Å². The van der Waals surface area contributed by atoms with Crippen molar-refractivity contribution in [1.82, 2.24) is 5.32 Å². The molecule has 0 aliphatic carbocycles. The van der Waals surface area contributed by atoms with E-state index >= 15 is 0 Å². The number of nitrogens with one attached hydrogen (secondary N) is 1. The van der Waals surface area contributed by atoms with Crippen molar-refractivity contribution in [3.63, 3.8) is 0 Å². The largest absolute Gasteiger partial charge is 0.340 e. The van der Waals surface area contributed by atoms with Crippen molar-refractivity contribution in [2.24, 2.45) is 5.92 Å². The number of hydrogen-bond donors (Lipinski definition) is 1. The minimum Gasteiger partial charge on any atom is -0.340 e. The van der Waals surface area contributed by atoms with Crippen LogP contribution in [0, 0.1) is 16.0 Å². The number of halogens is 1. The molecule has 0 spiro atoms. The Labute approximate surface area is 171 Å². The summed E-state index contributed by atoms with van der Waals surface area (Å²) in [5, 5.41) is 13.9. The van der Waals surface area contributed by atoms with E-state index in [1.54, 1.807) is 30.3 Å². The maximum atomic E-state index is 13.2. The van der Waals surface area contributed by atoms with Crippen molar-refractivity contribution < 1.29 is 14.5 Å². The van der Waals surface area contributed by atoms with Crippen molar-refractivity contribution in [2.45, 2.75) is 26.3 Å². The summed E-state index contributed by atoms with van der Waals surface area (Å²) in [6, 6.07) is 10.8. The zero-order chi connectivity index (χ0) is 20.4. The van der Waals surface area contributed by atoms with Crippen LogP contribution in [0.5, 0.6) is 0 Å². The first-order valence-corrected chi connectivity index (χ1v) is 9.73. The van der Waals surface area contributed by atoms with Gasteiger partial charge in [-0.15, -0.1) is 0 Å². The zero-order valence-electron chi connectivity index (χ0n) is 15.5. The lowest BCUT2D eigenvalue weighted by molar-refractivity contribution is -0.384. The van der Waals surface area contributed by atoms with Crippen molar-refractivity contribution in [1.29, 1.82) is 0 Å². The summed E-state index contributed by atoms with van der Waals surface area (Å²) < 4.78 is 0.643. The van der Waals surface area contributed by atoms with Crippen molar-refractivity contribution in [3.05, 3.63) is 68.2 Å². The predicted octanol–water partition coefficient (Wildman–Crippen LogP) is 3.70. The van der Waals surface area contributed by atoms with Crippen LogP contribution in [-0.2, 0) is 11.2 Å². The van der Waals surface area contributed by atoms with Gasteiger partial charge >= 0.3 is 0 Å². The third-order valence-corrected chi connectivity index (χ3v) is 5.47. The van der Waals surface area contributed by atoms with Crippen molar-refractivity contribution >= 4 is 39.1 Å². The van der Waals surface area contributed by atoms with Gasteiger partial charge in [-0.3, -0.25) is 19.7 Å². The number of rotatable bonds is 5. The van der Waals surface area contributed by atoms with E-state index in [2.05, 4.69) is 21.2 Å². The number of non-ortho nitro benzene ring substituents is 1. The van der Waals surface area contributed by atoms with Gasteiger partial charge in [-0.1, -0.05) is 32.0 Å². The lowest BCUT2D eigenvalue weighted by atomic mass is 10.0. The topological polar surface area (TPSA) is 92.6 Å². The summed E-state index contributed by atoms with van der Waals surface area (Å²) in [5.41, 5.74) is 1.81. The Morgan fingerprint density at radius 2 is 1.93 bits per heavy atom. The molecule has 28 heavy (non-hydrogen) atoms. The Bertz CT molecular complexity index is 945. The molecule has 8 heteroatoms. The molecule has 0 saturated carbocycles. The number of amides is 2. The molecule has 0 fully saturated rings. The number of fused-ring (bicyclic) bond motifs is 1. The first-order valence-electron chi connectivity index (χ1n) is 8.93. The molecule has 2 aromatic rings. The van der Waals surface area contributed by atoms with E-state index < -0.39 is 11.0 Å². The maximum Gasteiger partial charge on any atom is 0.271 e. The highest BCUT2D eigenvalue weighted by Gasteiger charge is 2.34. The average molecular weight is 446 g/mol. The number of nitro benzene ring substituents is 1. The minimum atomic E-state index is -0.746. The number of nitro groups is 1. The number of nitrogens with zero attached hydrogens (tertiary/aromatic N) is 2. The van der Waals surface area contributed by atoms with Crippen LogP contribution in [0.25, 0.3) is 0 Å². The Balaban J connectivity index is 1.86. The first-order chi connectivity index (χ1) is 13.3.